The summed E-state index contributed by atoms with van der Waals surface area (Å²) in [7, 11) is 1.48. The Morgan fingerprint density at radius 2 is 1.90 bits per heavy atom. The summed E-state index contributed by atoms with van der Waals surface area (Å²) in [6.07, 6.45) is 1.40. The predicted octanol–water partition coefficient (Wildman–Crippen LogP) is 2.32. The number of carbonyl (C=O) groups is 1. The molecule has 3 rings (SSSR count). The Kier molecular flexibility index (Phi) is 7.46. The number of piperazine rings is 1. The third-order valence-corrected chi connectivity index (χ3v) is 5.20. The third-order valence-electron chi connectivity index (χ3n) is 4.83. The molecular weight excluding hydrogens is 392 g/mol. The number of methoxy groups -OCH3 is 1. The fourth-order valence-electron chi connectivity index (χ4n) is 3.19. The fourth-order valence-corrected chi connectivity index (χ4v) is 3.39. The first-order chi connectivity index (χ1) is 14.1. The summed E-state index contributed by atoms with van der Waals surface area (Å²) in [5.41, 5.74) is 4.10. The van der Waals surface area contributed by atoms with Gasteiger partial charge in [0, 0.05) is 43.3 Å². The molecule has 1 amide bonds. The Bertz CT molecular complexity index is 867. The minimum Gasteiger partial charge on any atom is -0.504 e. The van der Waals surface area contributed by atoms with Crippen molar-refractivity contribution in [2.45, 2.75) is 6.54 Å². The maximum atomic E-state index is 12.1. The molecule has 1 heterocycles. The van der Waals surface area contributed by atoms with Gasteiger partial charge in [-0.2, -0.15) is 5.10 Å². The smallest absolute Gasteiger partial charge is 0.254 e. The van der Waals surface area contributed by atoms with E-state index in [1.807, 2.05) is 24.3 Å². The van der Waals surface area contributed by atoms with Crippen LogP contribution in [0.2, 0.25) is 5.02 Å². The number of hydrogen-bond acceptors (Lipinski definition) is 6. The van der Waals surface area contributed by atoms with Crippen molar-refractivity contribution in [1.82, 2.24) is 15.2 Å². The number of phenols is 1. The van der Waals surface area contributed by atoms with Crippen LogP contribution in [-0.2, 0) is 11.3 Å². The van der Waals surface area contributed by atoms with E-state index in [-0.39, 0.29) is 18.2 Å². The van der Waals surface area contributed by atoms with Gasteiger partial charge in [0.15, 0.2) is 11.5 Å². The van der Waals surface area contributed by atoms with Gasteiger partial charge in [0.25, 0.3) is 5.91 Å². The van der Waals surface area contributed by atoms with E-state index < -0.39 is 0 Å². The van der Waals surface area contributed by atoms with E-state index in [4.69, 9.17) is 16.3 Å². The Morgan fingerprint density at radius 3 is 2.62 bits per heavy atom. The number of amides is 1. The minimum atomic E-state index is -0.191. The number of nitrogens with one attached hydrogen (secondary N) is 1. The first-order valence-electron chi connectivity index (χ1n) is 9.43. The molecule has 1 aliphatic heterocycles. The second kappa shape index (κ2) is 10.2. The first kappa shape index (κ1) is 21.1. The number of nitrogens with zero attached hydrogens (tertiary/aromatic N) is 3. The lowest BCUT2D eigenvalue weighted by Gasteiger charge is -2.34. The van der Waals surface area contributed by atoms with Gasteiger partial charge in [-0.1, -0.05) is 35.9 Å². The van der Waals surface area contributed by atoms with Gasteiger partial charge in [-0.3, -0.25) is 14.6 Å². The molecule has 1 fully saturated rings. The molecule has 2 aromatic rings. The number of hydrogen-bond donors (Lipinski definition) is 2. The molecule has 0 aliphatic carbocycles. The van der Waals surface area contributed by atoms with Gasteiger partial charge in [0.2, 0.25) is 0 Å². The Morgan fingerprint density at radius 1 is 1.17 bits per heavy atom. The molecule has 0 radical (unpaired) electrons. The summed E-state index contributed by atoms with van der Waals surface area (Å²) in [5.74, 6) is 0.153. The highest BCUT2D eigenvalue weighted by Crippen LogP contribution is 2.27. The number of aromatic hydroxyl groups is 1. The summed E-state index contributed by atoms with van der Waals surface area (Å²) in [5, 5.41) is 14.7. The second-order valence-electron chi connectivity index (χ2n) is 6.83. The molecular formula is C21H25ClN4O3. The monoisotopic (exact) mass is 416 g/mol. The Hall–Kier alpha value is -2.61. The lowest BCUT2D eigenvalue weighted by atomic mass is 10.2. The number of para-hydroxylation sites is 1. The van der Waals surface area contributed by atoms with E-state index in [0.29, 0.717) is 11.3 Å². The average Bonchev–Trinajstić information content (AvgIpc) is 2.72. The average molecular weight is 417 g/mol. The van der Waals surface area contributed by atoms with Crippen LogP contribution in [-0.4, -0.2) is 66.9 Å². The lowest BCUT2D eigenvalue weighted by Crippen LogP contribution is -2.48. The van der Waals surface area contributed by atoms with Crippen molar-refractivity contribution in [3.05, 3.63) is 58.6 Å². The van der Waals surface area contributed by atoms with Crippen LogP contribution in [0.25, 0.3) is 0 Å². The maximum Gasteiger partial charge on any atom is 0.254 e. The van der Waals surface area contributed by atoms with Crippen molar-refractivity contribution in [3.63, 3.8) is 0 Å². The van der Waals surface area contributed by atoms with Gasteiger partial charge >= 0.3 is 0 Å². The van der Waals surface area contributed by atoms with Crippen molar-refractivity contribution < 1.29 is 14.6 Å². The molecule has 7 nitrogen and oxygen atoms in total. The molecule has 29 heavy (non-hydrogen) atoms. The molecule has 2 aromatic carbocycles. The van der Waals surface area contributed by atoms with Gasteiger partial charge in [-0.15, -0.1) is 0 Å². The van der Waals surface area contributed by atoms with E-state index in [9.17, 15) is 9.90 Å². The van der Waals surface area contributed by atoms with Crippen LogP contribution in [0.1, 0.15) is 11.1 Å². The van der Waals surface area contributed by atoms with E-state index in [2.05, 4.69) is 20.3 Å². The topological polar surface area (TPSA) is 77.4 Å². The first-order valence-corrected chi connectivity index (χ1v) is 9.80. The van der Waals surface area contributed by atoms with Crippen LogP contribution >= 0.6 is 11.6 Å². The number of phenolic OH excluding ortho intramolecular Hbond substituents is 1. The molecule has 154 valence electrons. The predicted molar refractivity (Wildman–Crippen MR) is 114 cm³/mol. The van der Waals surface area contributed by atoms with Crippen LogP contribution in [0.5, 0.6) is 11.5 Å². The van der Waals surface area contributed by atoms with E-state index in [0.717, 1.165) is 43.3 Å². The normalized spacial score (nSPS) is 15.5. The quantitative estimate of drug-likeness (QED) is 0.535. The Labute approximate surface area is 175 Å². The van der Waals surface area contributed by atoms with Crippen molar-refractivity contribution in [2.24, 2.45) is 5.10 Å². The SMILES string of the molecule is COc1cccc(/C=N\NC(=O)CN2CCN(Cc3ccccc3Cl)CC2)c1O. The zero-order valence-electron chi connectivity index (χ0n) is 16.3. The second-order valence-corrected chi connectivity index (χ2v) is 7.24. The van der Waals surface area contributed by atoms with E-state index in [1.54, 1.807) is 18.2 Å². The molecule has 0 atom stereocenters. The lowest BCUT2D eigenvalue weighted by molar-refractivity contribution is -0.122. The van der Waals surface area contributed by atoms with Crippen molar-refractivity contribution >= 4 is 23.7 Å². The molecule has 1 aliphatic rings. The number of carbonyl (C=O) groups excluding carboxylic acids is 1. The zero-order chi connectivity index (χ0) is 20.6. The van der Waals surface area contributed by atoms with Gasteiger partial charge in [-0.05, 0) is 23.8 Å². The number of benzene rings is 2. The van der Waals surface area contributed by atoms with Crippen LogP contribution in [0.3, 0.4) is 0 Å². The summed E-state index contributed by atoms with van der Waals surface area (Å²) in [4.78, 5) is 16.6. The maximum absolute atomic E-state index is 12.1. The van der Waals surface area contributed by atoms with Gasteiger partial charge in [0.05, 0.1) is 19.9 Å². The van der Waals surface area contributed by atoms with Crippen LogP contribution in [0, 0.1) is 0 Å². The standard InChI is InChI=1S/C21H25ClN4O3/c1-29-19-8-4-6-16(21(19)28)13-23-24-20(27)15-26-11-9-25(10-12-26)14-17-5-2-3-7-18(17)22/h2-8,13,28H,9-12,14-15H2,1H3,(H,24,27)/b23-13-. The molecule has 8 heteroatoms. The molecule has 1 saturated heterocycles. The van der Waals surface area contributed by atoms with Crippen LogP contribution in [0.15, 0.2) is 47.6 Å². The van der Waals surface area contributed by atoms with Gasteiger partial charge in [-0.25, -0.2) is 5.43 Å². The molecule has 0 bridgehead atoms. The molecule has 0 aromatic heterocycles. The molecule has 2 N–H and O–H groups in total. The number of hydrazone groups is 1. The van der Waals surface area contributed by atoms with Crippen LogP contribution in [0.4, 0.5) is 0 Å². The van der Waals surface area contributed by atoms with Crippen LogP contribution < -0.4 is 10.2 Å². The summed E-state index contributed by atoms with van der Waals surface area (Å²) < 4.78 is 5.05. The largest absolute Gasteiger partial charge is 0.504 e. The highest BCUT2D eigenvalue weighted by molar-refractivity contribution is 6.31. The van der Waals surface area contributed by atoms with E-state index in [1.165, 1.54) is 13.3 Å². The summed E-state index contributed by atoms with van der Waals surface area (Å²) in [6, 6.07) is 12.9. The van der Waals surface area contributed by atoms with Gasteiger partial charge in [0.1, 0.15) is 0 Å². The number of rotatable bonds is 7. The fraction of sp³-hybridized carbons (Fsp3) is 0.333. The zero-order valence-corrected chi connectivity index (χ0v) is 17.1. The van der Waals surface area contributed by atoms with Gasteiger partial charge < -0.3 is 9.84 Å². The minimum absolute atomic E-state index is 0.0114. The van der Waals surface area contributed by atoms with Crippen molar-refractivity contribution in [2.75, 3.05) is 39.8 Å². The van der Waals surface area contributed by atoms with Crippen molar-refractivity contribution in [3.8, 4) is 11.5 Å². The number of halogens is 1. The summed E-state index contributed by atoms with van der Waals surface area (Å²) >= 11 is 6.23. The molecule has 0 unspecified atom stereocenters. The van der Waals surface area contributed by atoms with Crippen molar-refractivity contribution in [1.29, 1.82) is 0 Å². The highest BCUT2D eigenvalue weighted by atomic mass is 35.5. The highest BCUT2D eigenvalue weighted by Gasteiger charge is 2.19. The number of ether oxygens (including phenoxy) is 1. The summed E-state index contributed by atoms with van der Waals surface area (Å²) in [6.45, 7) is 4.45. The third kappa shape index (κ3) is 5.93. The molecule has 0 spiro atoms. The van der Waals surface area contributed by atoms with E-state index >= 15 is 0 Å². The molecule has 0 saturated carbocycles. The Balaban J connectivity index is 1.42.